The third-order valence-corrected chi connectivity index (χ3v) is 8.16. The number of aliphatic hydroxyl groups is 3. The molecule has 12 nitrogen and oxygen atoms in total. The Morgan fingerprint density at radius 1 is 1.07 bits per heavy atom. The topological polar surface area (TPSA) is 214 Å². The number of carbonyl (C=O) groups is 4. The van der Waals surface area contributed by atoms with Gasteiger partial charge in [-0.25, -0.2) is 0 Å². The molecule has 0 radical (unpaired) electrons. The third-order valence-electron chi connectivity index (χ3n) is 8.16. The molecule has 0 bridgehead atoms. The molecule has 7 N–H and O–H groups in total. The van der Waals surface area contributed by atoms with E-state index in [1.54, 1.807) is 24.3 Å². The van der Waals surface area contributed by atoms with Gasteiger partial charge in [0, 0.05) is 22.6 Å². The predicted octanol–water partition coefficient (Wildman–Crippen LogP) is 1.42. The summed E-state index contributed by atoms with van der Waals surface area (Å²) < 4.78 is 0. The zero-order valence-electron chi connectivity index (χ0n) is 21.5. The number of nitroso groups, excluding NO2 is 1. The Bertz CT molecular complexity index is 1610. The molecule has 1 saturated carbocycles. The lowest BCUT2D eigenvalue weighted by molar-refractivity contribution is -0.153. The van der Waals surface area contributed by atoms with Crippen LogP contribution in [0.3, 0.4) is 0 Å². The fourth-order valence-electron chi connectivity index (χ4n) is 6.43. The number of nitrogens with two attached hydrogens (primary N) is 2. The second-order valence-electron chi connectivity index (χ2n) is 10.5. The normalized spacial score (nSPS) is 25.9. The number of fused-ring (bicyclic) bond motifs is 3. The number of rotatable bonds is 5. The first-order valence-corrected chi connectivity index (χ1v) is 12.4. The van der Waals surface area contributed by atoms with Crippen molar-refractivity contribution in [1.82, 2.24) is 4.90 Å². The highest BCUT2D eigenvalue weighted by atomic mass is 16.3. The van der Waals surface area contributed by atoms with E-state index in [1.807, 2.05) is 0 Å². The van der Waals surface area contributed by atoms with Crippen molar-refractivity contribution in [1.29, 1.82) is 0 Å². The second-order valence-corrected chi connectivity index (χ2v) is 10.5. The first kappa shape index (κ1) is 26.9. The molecule has 5 rings (SSSR count). The van der Waals surface area contributed by atoms with E-state index in [0.717, 1.165) is 0 Å². The van der Waals surface area contributed by atoms with Crippen molar-refractivity contribution in [2.75, 3.05) is 14.1 Å². The summed E-state index contributed by atoms with van der Waals surface area (Å²) >= 11 is 0. The molecule has 2 aromatic rings. The zero-order valence-corrected chi connectivity index (χ0v) is 21.5. The summed E-state index contributed by atoms with van der Waals surface area (Å²) in [6.45, 7) is 0. The maximum Gasteiger partial charge on any atom is 0.255 e. The number of primary amides is 2. The Balaban J connectivity index is 1.76. The molecule has 2 amide bonds. The summed E-state index contributed by atoms with van der Waals surface area (Å²) in [6.07, 6.45) is 0.0410. The SMILES string of the molecule is CN(C)C1C(=O)C(C(N)=O)=C(O)[C@@]2(O)C(=O)C3=C(O)c4c(N=O)ccc(-c5cccc(C(N)=O)c5)c4C[C@H]3C[C@@H]12. The quantitative estimate of drug-likeness (QED) is 0.270. The molecule has 40 heavy (non-hydrogen) atoms. The Labute approximate surface area is 227 Å². The van der Waals surface area contributed by atoms with Crippen LogP contribution in [0, 0.1) is 16.7 Å². The monoisotopic (exact) mass is 546 g/mol. The summed E-state index contributed by atoms with van der Waals surface area (Å²) in [7, 11) is 3.05. The lowest BCUT2D eigenvalue weighted by atomic mass is 9.57. The van der Waals surface area contributed by atoms with Crippen LogP contribution < -0.4 is 11.5 Å². The first-order valence-electron chi connectivity index (χ1n) is 12.4. The van der Waals surface area contributed by atoms with E-state index < -0.39 is 64.0 Å². The number of hydrogen-bond donors (Lipinski definition) is 5. The van der Waals surface area contributed by atoms with Crippen LogP contribution in [0.4, 0.5) is 5.69 Å². The molecule has 12 heteroatoms. The molecule has 1 fully saturated rings. The molecule has 0 spiro atoms. The summed E-state index contributed by atoms with van der Waals surface area (Å²) in [5, 5.41) is 37.1. The van der Waals surface area contributed by atoms with Crippen LogP contribution in [-0.2, 0) is 20.8 Å². The molecule has 0 aliphatic heterocycles. The van der Waals surface area contributed by atoms with Crippen molar-refractivity contribution in [3.8, 4) is 11.1 Å². The fraction of sp³-hybridized carbons (Fsp3) is 0.286. The van der Waals surface area contributed by atoms with E-state index >= 15 is 0 Å². The smallest absolute Gasteiger partial charge is 0.255 e. The maximum absolute atomic E-state index is 14.0. The van der Waals surface area contributed by atoms with Gasteiger partial charge in [0.15, 0.2) is 11.4 Å². The molecule has 206 valence electrons. The lowest BCUT2D eigenvalue weighted by Crippen LogP contribution is -2.65. The number of aliphatic hydroxyl groups excluding tert-OH is 2. The van der Waals surface area contributed by atoms with Crippen LogP contribution in [-0.4, -0.2) is 69.3 Å². The highest BCUT2D eigenvalue weighted by molar-refractivity contribution is 6.24. The van der Waals surface area contributed by atoms with Gasteiger partial charge >= 0.3 is 0 Å². The number of Topliss-reactive ketones (excluding diaryl/α,β-unsaturated/α-hetero) is 2. The van der Waals surface area contributed by atoms with E-state index in [1.165, 1.54) is 31.1 Å². The van der Waals surface area contributed by atoms with Crippen LogP contribution in [0.15, 0.2) is 58.5 Å². The largest absolute Gasteiger partial charge is 0.508 e. The van der Waals surface area contributed by atoms with Crippen LogP contribution in [0.1, 0.15) is 27.9 Å². The number of nitrogens with zero attached hydrogens (tertiary/aromatic N) is 2. The van der Waals surface area contributed by atoms with Crippen LogP contribution >= 0.6 is 0 Å². The van der Waals surface area contributed by atoms with E-state index in [0.29, 0.717) is 16.7 Å². The maximum atomic E-state index is 14.0. The molecule has 3 aliphatic rings. The second kappa shape index (κ2) is 9.21. The summed E-state index contributed by atoms with van der Waals surface area (Å²) in [5.74, 6) is -7.60. The Hall–Kier alpha value is -4.68. The van der Waals surface area contributed by atoms with Crippen LogP contribution in [0.2, 0.25) is 0 Å². The molecular formula is C28H26N4O8. The first-order chi connectivity index (χ1) is 18.8. The average molecular weight is 547 g/mol. The number of hydrogen-bond acceptors (Lipinski definition) is 10. The van der Waals surface area contributed by atoms with Gasteiger partial charge in [0.25, 0.3) is 5.91 Å². The number of benzene rings is 2. The molecule has 3 aliphatic carbocycles. The van der Waals surface area contributed by atoms with Crippen LogP contribution in [0.25, 0.3) is 16.9 Å². The van der Waals surface area contributed by atoms with Gasteiger partial charge in [-0.3, -0.25) is 24.1 Å². The van der Waals surface area contributed by atoms with Gasteiger partial charge in [0.1, 0.15) is 22.8 Å². The molecule has 0 saturated heterocycles. The minimum Gasteiger partial charge on any atom is -0.508 e. The Morgan fingerprint density at radius 3 is 2.38 bits per heavy atom. The van der Waals surface area contributed by atoms with Gasteiger partial charge < -0.3 is 26.8 Å². The predicted molar refractivity (Wildman–Crippen MR) is 142 cm³/mol. The average Bonchev–Trinajstić information content (AvgIpc) is 2.89. The molecule has 0 heterocycles. The minimum absolute atomic E-state index is 0.0340. The molecule has 0 aromatic heterocycles. The van der Waals surface area contributed by atoms with Crippen molar-refractivity contribution < 1.29 is 34.5 Å². The van der Waals surface area contributed by atoms with Crippen molar-refractivity contribution >= 4 is 34.8 Å². The standard InChI is InChI=1S/C28H26N4O8/c1-32(2)21-16-10-13-9-15-14(11-4-3-5-12(8-11)26(29)37)6-7-17(31-40)19(15)22(33)18(13)24(35)28(16,39)25(36)20(23(21)34)27(30)38/h3-8,13,16,21,33,36,39H,9-10H2,1-2H3,(H2,29,37)(H2,30,38)/t13-,16-,21?,28-/m0/s1. The summed E-state index contributed by atoms with van der Waals surface area (Å²) in [4.78, 5) is 64.3. The van der Waals surface area contributed by atoms with E-state index in [2.05, 4.69) is 5.18 Å². The van der Waals surface area contributed by atoms with Gasteiger partial charge in [-0.15, -0.1) is 4.91 Å². The number of likely N-dealkylation sites (N-methyl/N-ethyl adjacent to an activating group) is 1. The molecule has 1 unspecified atom stereocenters. The van der Waals surface area contributed by atoms with Gasteiger partial charge in [-0.1, -0.05) is 18.2 Å². The summed E-state index contributed by atoms with van der Waals surface area (Å²) in [5.41, 5.74) is 8.52. The van der Waals surface area contributed by atoms with Gasteiger partial charge in [0.2, 0.25) is 11.7 Å². The number of carbonyl (C=O) groups excluding carboxylic acids is 4. The third kappa shape index (κ3) is 3.60. The van der Waals surface area contributed by atoms with Crippen molar-refractivity contribution in [3.05, 3.63) is 74.9 Å². The van der Waals surface area contributed by atoms with E-state index in [9.17, 15) is 39.4 Å². The molecule has 4 atom stereocenters. The van der Waals surface area contributed by atoms with Gasteiger partial charge in [-0.05, 0) is 72.9 Å². The minimum atomic E-state index is -2.73. The van der Waals surface area contributed by atoms with E-state index in [-0.39, 0.29) is 35.2 Å². The number of amides is 2. The lowest BCUT2D eigenvalue weighted by Gasteiger charge is -2.50. The highest BCUT2D eigenvalue weighted by Gasteiger charge is 2.64. The van der Waals surface area contributed by atoms with Gasteiger partial charge in [0.05, 0.1) is 6.04 Å². The summed E-state index contributed by atoms with van der Waals surface area (Å²) in [6, 6.07) is 8.21. The highest BCUT2D eigenvalue weighted by Crippen LogP contribution is 2.53. The zero-order chi connectivity index (χ0) is 29.3. The molecule has 2 aromatic carbocycles. The van der Waals surface area contributed by atoms with E-state index in [4.69, 9.17) is 11.5 Å². The fourth-order valence-corrected chi connectivity index (χ4v) is 6.43. The van der Waals surface area contributed by atoms with Crippen LogP contribution in [0.5, 0.6) is 0 Å². The van der Waals surface area contributed by atoms with Gasteiger partial charge in [-0.2, -0.15) is 0 Å². The molecular weight excluding hydrogens is 520 g/mol. The Kier molecular flexibility index (Phi) is 6.20. The Morgan fingerprint density at radius 2 is 1.77 bits per heavy atom. The van der Waals surface area contributed by atoms with Crippen molar-refractivity contribution in [2.24, 2.45) is 28.5 Å². The number of ketones is 2. The van der Waals surface area contributed by atoms with Crippen molar-refractivity contribution in [3.63, 3.8) is 0 Å². The van der Waals surface area contributed by atoms with Crippen molar-refractivity contribution in [2.45, 2.75) is 24.5 Å².